The van der Waals surface area contributed by atoms with Gasteiger partial charge in [-0.3, -0.25) is 4.79 Å². The summed E-state index contributed by atoms with van der Waals surface area (Å²) in [7, 11) is 4.31. The third-order valence-corrected chi connectivity index (χ3v) is 6.62. The molecule has 2 heterocycles. The molecule has 0 amide bonds. The molecule has 1 aliphatic heterocycles. The van der Waals surface area contributed by atoms with Crippen LogP contribution >= 0.6 is 11.7 Å². The number of rotatable bonds is 9. The molecule has 5 rings (SSSR count). The second kappa shape index (κ2) is 12.0. The first-order valence-electron chi connectivity index (χ1n) is 11.3. The van der Waals surface area contributed by atoms with E-state index in [-0.39, 0.29) is 76.5 Å². The van der Waals surface area contributed by atoms with Gasteiger partial charge in [-0.15, -0.1) is 0 Å². The number of ether oxygens (including phenoxy) is 5. The Morgan fingerprint density at radius 3 is 2.23 bits per heavy atom. The third kappa shape index (κ3) is 5.57. The molecule has 1 aromatic heterocycles. The maximum Gasteiger partial charge on any atom is 1.00 e. The van der Waals surface area contributed by atoms with Crippen LogP contribution < -0.4 is 58.3 Å². The zero-order valence-electron chi connectivity index (χ0n) is 21.6. The van der Waals surface area contributed by atoms with Gasteiger partial charge >= 0.3 is 29.6 Å². The summed E-state index contributed by atoms with van der Waals surface area (Å²) in [6, 6.07) is 12.9. The fraction of sp³-hybridized carbons (Fsp3) is 0.185. The van der Waals surface area contributed by atoms with Crippen LogP contribution in [0.5, 0.6) is 28.7 Å². The number of nitrogens with zero attached hydrogens (tertiary/aromatic N) is 2. The molecule has 4 aromatic rings. The van der Waals surface area contributed by atoms with Crippen LogP contribution in [0.4, 0.5) is 0 Å². The van der Waals surface area contributed by atoms with E-state index in [1.165, 1.54) is 33.5 Å². The molecule has 0 atom stereocenters. The Labute approximate surface area is 249 Å². The van der Waals surface area contributed by atoms with Gasteiger partial charge in [0, 0.05) is 23.1 Å². The van der Waals surface area contributed by atoms with Crippen molar-refractivity contribution in [1.29, 1.82) is 0 Å². The number of benzene rings is 3. The van der Waals surface area contributed by atoms with Crippen molar-refractivity contribution in [3.8, 4) is 28.7 Å². The van der Waals surface area contributed by atoms with E-state index < -0.39 is 11.8 Å². The van der Waals surface area contributed by atoms with Crippen molar-refractivity contribution >= 4 is 40.1 Å². The molecule has 10 nitrogen and oxygen atoms in total. The van der Waals surface area contributed by atoms with E-state index in [0.29, 0.717) is 33.8 Å². The fourth-order valence-corrected chi connectivity index (χ4v) is 4.79. The predicted molar refractivity (Wildman–Crippen MR) is 136 cm³/mol. The van der Waals surface area contributed by atoms with Crippen molar-refractivity contribution in [3.05, 3.63) is 70.8 Å². The van der Waals surface area contributed by atoms with Gasteiger partial charge in [0.05, 0.1) is 39.0 Å². The Bertz CT molecular complexity index is 1570. The maximum atomic E-state index is 14.1. The quantitative estimate of drug-likeness (QED) is 0.159. The van der Waals surface area contributed by atoms with Gasteiger partial charge in [0.2, 0.25) is 12.5 Å². The first-order valence-corrected chi connectivity index (χ1v) is 12.1. The van der Waals surface area contributed by atoms with E-state index in [1.54, 1.807) is 36.4 Å². The zero-order valence-corrected chi connectivity index (χ0v) is 24.4. The van der Waals surface area contributed by atoms with Gasteiger partial charge in [-0.2, -0.15) is 8.75 Å². The molecule has 0 N–H and O–H groups in total. The van der Waals surface area contributed by atoms with Crippen LogP contribution in [0.1, 0.15) is 21.5 Å². The van der Waals surface area contributed by atoms with Gasteiger partial charge < -0.3 is 33.6 Å². The van der Waals surface area contributed by atoms with Gasteiger partial charge in [-0.25, -0.2) is 0 Å². The molecule has 3 aromatic carbocycles. The van der Waals surface area contributed by atoms with Gasteiger partial charge in [-0.05, 0) is 47.5 Å². The van der Waals surface area contributed by atoms with Crippen molar-refractivity contribution in [2.45, 2.75) is 6.42 Å². The smallest absolute Gasteiger partial charge is 0.545 e. The number of carboxylic acid groups (broad SMARTS) is 1. The fourth-order valence-electron chi connectivity index (χ4n) is 4.28. The number of ketones is 1. The Hall–Kier alpha value is -3.64. The van der Waals surface area contributed by atoms with Crippen LogP contribution in [0.2, 0.25) is 0 Å². The summed E-state index contributed by atoms with van der Waals surface area (Å²) >= 11 is 1.01. The van der Waals surface area contributed by atoms with E-state index in [0.717, 1.165) is 11.7 Å². The number of allylic oxidation sites excluding steroid dienone is 1. The number of aliphatic carboxylic acids is 1. The molecule has 39 heavy (non-hydrogen) atoms. The molecule has 194 valence electrons. The van der Waals surface area contributed by atoms with Crippen LogP contribution in [0.25, 0.3) is 16.6 Å². The number of hydrogen-bond donors (Lipinski definition) is 0. The molecule has 1 aliphatic rings. The van der Waals surface area contributed by atoms with E-state index >= 15 is 0 Å². The summed E-state index contributed by atoms with van der Waals surface area (Å²) < 4.78 is 35.4. The molecule has 0 radical (unpaired) electrons. The SMILES string of the molecule is COc1cc(C(=O)C(Cc2ccc3c(c2)OCO3)=C(C(=O)[O-])c2ccc3nsnc3c2)cc(OC)c1OC.[Na+]. The standard InChI is InChI=1S/C27H22N2O8S.Na/c1-33-22-11-16(12-23(34-2)26(22)35-3)25(30)17(8-14-4-7-20-21(9-14)37-13-36-20)24(27(31)32)15-5-6-18-19(10-15)29-38-28-18;/h4-7,9-12H,8,13H2,1-3H3,(H,31,32);/q;+1/p-1. The Morgan fingerprint density at radius 2 is 1.56 bits per heavy atom. The van der Waals surface area contributed by atoms with E-state index in [2.05, 4.69) is 8.75 Å². The van der Waals surface area contributed by atoms with Crippen molar-refractivity contribution in [3.63, 3.8) is 0 Å². The van der Waals surface area contributed by atoms with Crippen molar-refractivity contribution in [1.82, 2.24) is 8.75 Å². The minimum atomic E-state index is -1.51. The van der Waals surface area contributed by atoms with E-state index in [9.17, 15) is 14.7 Å². The predicted octanol–water partition coefficient (Wildman–Crippen LogP) is 0.0789. The molecule has 0 bridgehead atoms. The topological polar surface area (TPSA) is 129 Å². The van der Waals surface area contributed by atoms with Crippen molar-refractivity contribution < 1.29 is 67.9 Å². The summed E-state index contributed by atoms with van der Waals surface area (Å²) in [6.07, 6.45) is -0.0389. The number of aromatic nitrogens is 2. The van der Waals surface area contributed by atoms with Crippen LogP contribution in [0, 0.1) is 0 Å². The minimum absolute atomic E-state index is 0. The first kappa shape index (κ1) is 28.4. The van der Waals surface area contributed by atoms with Gasteiger partial charge in [0.1, 0.15) is 11.0 Å². The maximum absolute atomic E-state index is 14.1. The Balaban J connectivity index is 0.00000353. The number of hydrogen-bond acceptors (Lipinski definition) is 11. The molecular formula is C27H21N2NaO8S. The Morgan fingerprint density at radius 1 is 0.872 bits per heavy atom. The molecule has 0 spiro atoms. The van der Waals surface area contributed by atoms with Gasteiger partial charge in [0.25, 0.3) is 0 Å². The van der Waals surface area contributed by atoms with E-state index in [1.807, 2.05) is 0 Å². The summed E-state index contributed by atoms with van der Waals surface area (Å²) in [6.45, 7) is 0.0812. The second-order valence-electron chi connectivity index (χ2n) is 8.22. The summed E-state index contributed by atoms with van der Waals surface area (Å²) in [5, 5.41) is 12.6. The number of methoxy groups -OCH3 is 3. The van der Waals surface area contributed by atoms with E-state index in [4.69, 9.17) is 23.7 Å². The number of carbonyl (C=O) groups excluding carboxylic acids is 2. The molecule has 0 fully saturated rings. The van der Waals surface area contributed by atoms with Crippen molar-refractivity contribution in [2.75, 3.05) is 28.1 Å². The molecular weight excluding hydrogens is 535 g/mol. The normalized spacial score (nSPS) is 12.4. The van der Waals surface area contributed by atoms with Crippen LogP contribution in [-0.4, -0.2) is 48.6 Å². The second-order valence-corrected chi connectivity index (χ2v) is 8.74. The molecule has 0 saturated heterocycles. The minimum Gasteiger partial charge on any atom is -0.545 e. The summed E-state index contributed by atoms with van der Waals surface area (Å²) in [4.78, 5) is 26.7. The van der Waals surface area contributed by atoms with Gasteiger partial charge in [0.15, 0.2) is 28.8 Å². The zero-order chi connectivity index (χ0) is 26.8. The monoisotopic (exact) mass is 556 g/mol. The van der Waals surface area contributed by atoms with Gasteiger partial charge in [-0.1, -0.05) is 12.1 Å². The molecule has 0 aliphatic carbocycles. The Kier molecular flexibility index (Phi) is 8.76. The summed E-state index contributed by atoms with van der Waals surface area (Å²) in [5.74, 6) is -0.190. The molecule has 12 heteroatoms. The average molecular weight is 557 g/mol. The van der Waals surface area contributed by atoms with Crippen LogP contribution in [0.3, 0.4) is 0 Å². The van der Waals surface area contributed by atoms with Crippen LogP contribution in [0.15, 0.2) is 54.1 Å². The van der Waals surface area contributed by atoms with Crippen LogP contribution in [-0.2, 0) is 11.2 Å². The first-order chi connectivity index (χ1) is 18.4. The average Bonchev–Trinajstić information content (AvgIpc) is 3.60. The largest absolute Gasteiger partial charge is 1.00 e. The third-order valence-electron chi connectivity index (χ3n) is 6.07. The number of fused-ring (bicyclic) bond motifs is 2. The summed E-state index contributed by atoms with van der Waals surface area (Å²) in [5.41, 5.74) is 1.89. The van der Waals surface area contributed by atoms with Crippen molar-refractivity contribution in [2.24, 2.45) is 0 Å². The molecule has 0 saturated carbocycles. The molecule has 0 unspecified atom stereocenters. The number of Topliss-reactive ketones (excluding diaryl/α,β-unsaturated/α-hetero) is 1. The number of carbonyl (C=O) groups is 2. The number of carboxylic acids is 1.